The first-order valence-corrected chi connectivity index (χ1v) is 7.76. The number of rotatable bonds is 1. The summed E-state index contributed by atoms with van der Waals surface area (Å²) < 4.78 is 0. The van der Waals surface area contributed by atoms with Crippen LogP contribution >= 0.6 is 0 Å². The van der Waals surface area contributed by atoms with E-state index in [1.165, 1.54) is 0 Å². The number of carbonyl (C=O) groups excluding carboxylic acids is 2. The third-order valence-corrected chi connectivity index (χ3v) is 4.05. The standard InChI is InChI=1S/C19H20N2O2/c1-12-8-13(2)10-15(9-12)19(23)21-14(3)11-18(22)20-16-6-4-5-7-17(16)21/h4-10,14H,11H2,1-3H3,(H,20,22)/t14-/m0/s1. The second-order valence-corrected chi connectivity index (χ2v) is 6.17. The Morgan fingerprint density at radius 3 is 2.48 bits per heavy atom. The lowest BCUT2D eigenvalue weighted by Gasteiger charge is -2.28. The largest absolute Gasteiger partial charge is 0.324 e. The molecule has 1 aliphatic heterocycles. The SMILES string of the molecule is Cc1cc(C)cc(C(=O)N2c3ccccc3NC(=O)C[C@@H]2C)c1. The van der Waals surface area contributed by atoms with Gasteiger partial charge in [0.1, 0.15) is 0 Å². The number of benzene rings is 2. The zero-order valence-electron chi connectivity index (χ0n) is 13.6. The van der Waals surface area contributed by atoms with Crippen LogP contribution in [0.5, 0.6) is 0 Å². The Balaban J connectivity index is 2.09. The van der Waals surface area contributed by atoms with E-state index in [0.29, 0.717) is 11.3 Å². The average Bonchev–Trinajstić information content (AvgIpc) is 2.60. The second kappa shape index (κ2) is 5.88. The van der Waals surface area contributed by atoms with Crippen molar-refractivity contribution in [1.82, 2.24) is 0 Å². The number of fused-ring (bicyclic) bond motifs is 1. The molecule has 2 aromatic carbocycles. The van der Waals surface area contributed by atoms with Crippen LogP contribution in [0.1, 0.15) is 34.8 Å². The molecule has 1 heterocycles. The first-order valence-electron chi connectivity index (χ1n) is 7.76. The minimum absolute atomic E-state index is 0.0688. The van der Waals surface area contributed by atoms with Crippen LogP contribution in [-0.4, -0.2) is 17.9 Å². The summed E-state index contributed by atoms with van der Waals surface area (Å²) in [6.07, 6.45) is 0.283. The summed E-state index contributed by atoms with van der Waals surface area (Å²) in [6, 6.07) is 13.1. The highest BCUT2D eigenvalue weighted by molar-refractivity contribution is 6.11. The van der Waals surface area contributed by atoms with Crippen LogP contribution in [0.15, 0.2) is 42.5 Å². The average molecular weight is 308 g/mol. The predicted octanol–water partition coefficient (Wildman–Crippen LogP) is 3.68. The lowest BCUT2D eigenvalue weighted by molar-refractivity contribution is -0.116. The van der Waals surface area contributed by atoms with Crippen LogP contribution in [0.2, 0.25) is 0 Å². The van der Waals surface area contributed by atoms with Crippen LogP contribution in [-0.2, 0) is 4.79 Å². The maximum atomic E-state index is 13.1. The molecule has 1 atom stereocenters. The van der Waals surface area contributed by atoms with E-state index in [1.807, 2.05) is 63.2 Å². The van der Waals surface area contributed by atoms with Gasteiger partial charge in [-0.05, 0) is 45.0 Å². The molecule has 0 aromatic heterocycles. The summed E-state index contributed by atoms with van der Waals surface area (Å²) in [5.41, 5.74) is 4.18. The summed E-state index contributed by atoms with van der Waals surface area (Å²) in [7, 11) is 0. The number of nitrogens with zero attached hydrogens (tertiary/aromatic N) is 1. The summed E-state index contributed by atoms with van der Waals surface area (Å²) in [6.45, 7) is 5.87. The summed E-state index contributed by atoms with van der Waals surface area (Å²) in [5, 5.41) is 2.88. The van der Waals surface area contributed by atoms with Crippen molar-refractivity contribution in [3.05, 3.63) is 59.2 Å². The van der Waals surface area contributed by atoms with Crippen molar-refractivity contribution in [2.24, 2.45) is 0 Å². The van der Waals surface area contributed by atoms with E-state index in [-0.39, 0.29) is 24.3 Å². The highest BCUT2D eigenvalue weighted by Crippen LogP contribution is 2.32. The van der Waals surface area contributed by atoms with Gasteiger partial charge in [0.25, 0.3) is 5.91 Å². The zero-order valence-corrected chi connectivity index (χ0v) is 13.6. The number of hydrogen-bond acceptors (Lipinski definition) is 2. The predicted molar refractivity (Wildman–Crippen MR) is 91.9 cm³/mol. The van der Waals surface area contributed by atoms with Crippen LogP contribution in [0.4, 0.5) is 11.4 Å². The van der Waals surface area contributed by atoms with Crippen LogP contribution in [0.25, 0.3) is 0 Å². The molecule has 0 saturated carbocycles. The Hall–Kier alpha value is -2.62. The third-order valence-electron chi connectivity index (χ3n) is 4.05. The van der Waals surface area contributed by atoms with E-state index in [9.17, 15) is 9.59 Å². The van der Waals surface area contributed by atoms with Crippen molar-refractivity contribution in [2.45, 2.75) is 33.2 Å². The fourth-order valence-electron chi connectivity index (χ4n) is 3.13. The molecule has 3 rings (SSSR count). The zero-order chi connectivity index (χ0) is 16.6. The van der Waals surface area contributed by atoms with Gasteiger partial charge in [0.15, 0.2) is 0 Å². The minimum Gasteiger partial charge on any atom is -0.324 e. The maximum absolute atomic E-state index is 13.1. The Morgan fingerprint density at radius 2 is 1.78 bits per heavy atom. The molecule has 0 bridgehead atoms. The van der Waals surface area contributed by atoms with Gasteiger partial charge in [-0.3, -0.25) is 9.59 Å². The van der Waals surface area contributed by atoms with Gasteiger partial charge in [0.05, 0.1) is 11.4 Å². The number of anilines is 2. The molecule has 23 heavy (non-hydrogen) atoms. The van der Waals surface area contributed by atoms with Gasteiger partial charge < -0.3 is 10.2 Å². The molecule has 0 aliphatic carbocycles. The number of carbonyl (C=O) groups is 2. The molecule has 0 spiro atoms. The summed E-state index contributed by atoms with van der Waals surface area (Å²) in [4.78, 5) is 26.9. The maximum Gasteiger partial charge on any atom is 0.258 e. The molecule has 0 unspecified atom stereocenters. The van der Waals surface area contributed by atoms with E-state index in [1.54, 1.807) is 4.90 Å². The topological polar surface area (TPSA) is 49.4 Å². The Morgan fingerprint density at radius 1 is 1.13 bits per heavy atom. The van der Waals surface area contributed by atoms with Gasteiger partial charge in [-0.15, -0.1) is 0 Å². The normalized spacial score (nSPS) is 17.3. The van der Waals surface area contributed by atoms with E-state index in [0.717, 1.165) is 16.8 Å². The lowest BCUT2D eigenvalue weighted by atomic mass is 10.0. The molecule has 2 amide bonds. The molecule has 1 aliphatic rings. The highest BCUT2D eigenvalue weighted by atomic mass is 16.2. The van der Waals surface area contributed by atoms with Crippen LogP contribution in [0, 0.1) is 13.8 Å². The van der Waals surface area contributed by atoms with Gasteiger partial charge in [-0.25, -0.2) is 0 Å². The van der Waals surface area contributed by atoms with Gasteiger partial charge in [0.2, 0.25) is 5.91 Å². The number of para-hydroxylation sites is 2. The highest BCUT2D eigenvalue weighted by Gasteiger charge is 2.30. The molecule has 4 nitrogen and oxygen atoms in total. The number of amides is 2. The van der Waals surface area contributed by atoms with E-state index >= 15 is 0 Å². The molecule has 0 fully saturated rings. The molecule has 1 N–H and O–H groups in total. The molecule has 118 valence electrons. The quantitative estimate of drug-likeness (QED) is 0.873. The molecule has 0 radical (unpaired) electrons. The van der Waals surface area contributed by atoms with Crippen molar-refractivity contribution < 1.29 is 9.59 Å². The van der Waals surface area contributed by atoms with Crippen molar-refractivity contribution in [1.29, 1.82) is 0 Å². The monoisotopic (exact) mass is 308 g/mol. The summed E-state index contributed by atoms with van der Waals surface area (Å²) >= 11 is 0. The van der Waals surface area contributed by atoms with Gasteiger partial charge >= 0.3 is 0 Å². The fraction of sp³-hybridized carbons (Fsp3) is 0.263. The Bertz CT molecular complexity index is 762. The first kappa shape index (κ1) is 15.3. The molecule has 2 aromatic rings. The van der Waals surface area contributed by atoms with Crippen molar-refractivity contribution in [3.8, 4) is 0 Å². The lowest BCUT2D eigenvalue weighted by Crippen LogP contribution is -2.39. The smallest absolute Gasteiger partial charge is 0.258 e. The van der Waals surface area contributed by atoms with E-state index in [4.69, 9.17) is 0 Å². The first-order chi connectivity index (χ1) is 11.0. The van der Waals surface area contributed by atoms with Crippen molar-refractivity contribution in [2.75, 3.05) is 10.2 Å². The molecular formula is C19H20N2O2. The van der Waals surface area contributed by atoms with Crippen LogP contribution < -0.4 is 10.2 Å². The third kappa shape index (κ3) is 2.97. The molecular weight excluding hydrogens is 288 g/mol. The van der Waals surface area contributed by atoms with Crippen LogP contribution in [0.3, 0.4) is 0 Å². The van der Waals surface area contributed by atoms with Gasteiger partial charge in [-0.1, -0.05) is 29.3 Å². The summed E-state index contributed by atoms with van der Waals surface area (Å²) in [5.74, 6) is -0.145. The fourth-order valence-corrected chi connectivity index (χ4v) is 3.13. The minimum atomic E-state index is -0.202. The number of hydrogen-bond donors (Lipinski definition) is 1. The molecule has 0 saturated heterocycles. The molecule has 4 heteroatoms. The van der Waals surface area contributed by atoms with Gasteiger partial charge in [-0.2, -0.15) is 0 Å². The number of aryl methyl sites for hydroxylation is 2. The Labute approximate surface area is 136 Å². The number of nitrogens with one attached hydrogen (secondary N) is 1. The van der Waals surface area contributed by atoms with Gasteiger partial charge in [0, 0.05) is 18.0 Å². The van der Waals surface area contributed by atoms with E-state index < -0.39 is 0 Å². The van der Waals surface area contributed by atoms with E-state index in [2.05, 4.69) is 5.32 Å². The van der Waals surface area contributed by atoms with Crippen molar-refractivity contribution in [3.63, 3.8) is 0 Å². The van der Waals surface area contributed by atoms with Crippen molar-refractivity contribution >= 4 is 23.2 Å². The second-order valence-electron chi connectivity index (χ2n) is 6.17. The Kier molecular flexibility index (Phi) is 3.90.